The number of hydrogen-bond acceptors (Lipinski definition) is 7. The fraction of sp³-hybridized carbons (Fsp3) is 0.231. The summed E-state index contributed by atoms with van der Waals surface area (Å²) in [5.74, 6) is -1.63. The van der Waals surface area contributed by atoms with Crippen molar-refractivity contribution in [3.63, 3.8) is 0 Å². The second-order valence-corrected chi connectivity index (χ2v) is 7.37. The first-order chi connectivity index (χ1) is 11.3. The van der Waals surface area contributed by atoms with Crippen LogP contribution in [0.4, 0.5) is 9.93 Å². The summed E-state index contributed by atoms with van der Waals surface area (Å²) in [4.78, 5) is 40.0. The average molecular weight is 434 g/mol. The van der Waals surface area contributed by atoms with E-state index in [1.165, 1.54) is 16.7 Å². The molecule has 2 N–H and O–H groups in total. The van der Waals surface area contributed by atoms with Gasteiger partial charge in [-0.05, 0) is 22.0 Å². The highest BCUT2D eigenvalue weighted by atomic mass is 79.9. The third-order valence-corrected chi connectivity index (χ3v) is 5.40. The van der Waals surface area contributed by atoms with Crippen LogP contribution in [0.2, 0.25) is 0 Å². The smallest absolute Gasteiger partial charge is 0.413 e. The topological polar surface area (TPSA) is 111 Å². The Bertz CT molecular complexity index is 775. The Hall–Kier alpha value is -1.82. The van der Waals surface area contributed by atoms with Gasteiger partial charge in [0.1, 0.15) is 0 Å². The van der Waals surface area contributed by atoms with Crippen molar-refractivity contribution < 1.29 is 24.7 Å². The summed E-state index contributed by atoms with van der Waals surface area (Å²) >= 11 is 5.78. The number of aromatic nitrogens is 1. The van der Waals surface area contributed by atoms with Gasteiger partial charge < -0.3 is 5.11 Å². The third-order valence-electron chi connectivity index (χ3n) is 2.80. The van der Waals surface area contributed by atoms with Crippen molar-refractivity contribution in [2.45, 2.75) is 19.9 Å². The molecule has 3 amide bonds. The van der Waals surface area contributed by atoms with Crippen LogP contribution in [-0.4, -0.2) is 38.3 Å². The number of hydroxylamine groups is 2. The molecule has 0 fully saturated rings. The number of carbonyl (C=O) groups excluding carboxylic acids is 2. The second-order valence-electron chi connectivity index (χ2n) is 4.62. The lowest BCUT2D eigenvalue weighted by Crippen LogP contribution is -2.33. The summed E-state index contributed by atoms with van der Waals surface area (Å²) in [6.45, 7) is 1.18. The van der Waals surface area contributed by atoms with Gasteiger partial charge in [-0.25, -0.2) is 14.7 Å². The fourth-order valence-corrected chi connectivity index (χ4v) is 3.97. The maximum Gasteiger partial charge on any atom is 0.413 e. The van der Waals surface area contributed by atoms with Crippen LogP contribution in [0.25, 0.3) is 0 Å². The number of halogens is 1. The molecule has 8 nitrogen and oxygen atoms in total. The molecule has 0 atom stereocenters. The summed E-state index contributed by atoms with van der Waals surface area (Å²) in [7, 11) is 0. The third kappa shape index (κ3) is 4.60. The molecule has 0 aromatic carbocycles. The summed E-state index contributed by atoms with van der Waals surface area (Å²) < 4.78 is 0.866. The van der Waals surface area contributed by atoms with Crippen LogP contribution >= 0.6 is 38.6 Å². The minimum atomic E-state index is -1.17. The first-order valence-electron chi connectivity index (χ1n) is 6.48. The maximum atomic E-state index is 11.6. The lowest BCUT2D eigenvalue weighted by atomic mass is 10.3. The molecular formula is C13H12BrN3O5S2. The molecule has 0 saturated heterocycles. The molecule has 0 aliphatic heterocycles. The van der Waals surface area contributed by atoms with Gasteiger partial charge in [-0.3, -0.25) is 14.8 Å². The first kappa shape index (κ1) is 18.5. The quantitative estimate of drug-likeness (QED) is 0.553. The van der Waals surface area contributed by atoms with Gasteiger partial charge in [0.2, 0.25) is 5.91 Å². The maximum absolute atomic E-state index is 11.6. The standard InChI is InChI=1S/C13H12BrN3O5S2/c1-7(18)17(22)11(19)3-9-6-24-12(15-9)16(13(20)21)4-10-2-8(14)5-23-10/h2,5-6,22H,3-4H2,1H3,(H,20,21). The van der Waals surface area contributed by atoms with Crippen molar-refractivity contribution in [2.24, 2.45) is 0 Å². The number of hydrogen-bond donors (Lipinski definition) is 2. The second kappa shape index (κ2) is 7.83. The Morgan fingerprint density at radius 3 is 2.54 bits per heavy atom. The summed E-state index contributed by atoms with van der Waals surface area (Å²) in [5.41, 5.74) is 0.277. The zero-order valence-corrected chi connectivity index (χ0v) is 15.5. The molecular weight excluding hydrogens is 422 g/mol. The molecule has 0 radical (unpaired) electrons. The Morgan fingerprint density at radius 1 is 1.29 bits per heavy atom. The lowest BCUT2D eigenvalue weighted by molar-refractivity contribution is -0.176. The van der Waals surface area contributed by atoms with Crippen molar-refractivity contribution in [3.05, 3.63) is 31.9 Å². The lowest BCUT2D eigenvalue weighted by Gasteiger charge is -2.14. The molecule has 2 aromatic rings. The van der Waals surface area contributed by atoms with E-state index < -0.39 is 17.9 Å². The van der Waals surface area contributed by atoms with Crippen molar-refractivity contribution in [1.29, 1.82) is 0 Å². The number of imide groups is 1. The van der Waals surface area contributed by atoms with E-state index in [0.717, 1.165) is 32.5 Å². The number of carboxylic acid groups (broad SMARTS) is 1. The molecule has 0 aliphatic rings. The zero-order valence-electron chi connectivity index (χ0n) is 12.3. The Kier molecular flexibility index (Phi) is 6.04. The van der Waals surface area contributed by atoms with Crippen LogP contribution < -0.4 is 4.90 Å². The van der Waals surface area contributed by atoms with E-state index in [4.69, 9.17) is 0 Å². The van der Waals surface area contributed by atoms with Gasteiger partial charge >= 0.3 is 6.09 Å². The molecule has 24 heavy (non-hydrogen) atoms. The molecule has 128 valence electrons. The number of anilines is 1. The molecule has 2 heterocycles. The number of thiazole rings is 1. The van der Waals surface area contributed by atoms with Gasteiger partial charge in [-0.2, -0.15) is 5.06 Å². The van der Waals surface area contributed by atoms with Gasteiger partial charge in [-0.15, -0.1) is 22.7 Å². The van der Waals surface area contributed by atoms with E-state index in [1.54, 1.807) is 0 Å². The zero-order chi connectivity index (χ0) is 17.9. The number of rotatable bonds is 5. The minimum absolute atomic E-state index is 0.0111. The predicted molar refractivity (Wildman–Crippen MR) is 91.4 cm³/mol. The SMILES string of the molecule is CC(=O)N(O)C(=O)Cc1csc(N(Cc2cc(Br)cs2)C(=O)O)n1. The van der Waals surface area contributed by atoms with Crippen LogP contribution in [-0.2, 0) is 22.6 Å². The van der Waals surface area contributed by atoms with Crippen LogP contribution in [0.1, 0.15) is 17.5 Å². The average Bonchev–Trinajstić information content (AvgIpc) is 3.12. The summed E-state index contributed by atoms with van der Waals surface area (Å²) in [6, 6.07) is 1.81. The van der Waals surface area contributed by atoms with E-state index in [2.05, 4.69) is 20.9 Å². The van der Waals surface area contributed by atoms with E-state index >= 15 is 0 Å². The number of carbonyl (C=O) groups is 3. The van der Waals surface area contributed by atoms with Crippen molar-refractivity contribution in [3.8, 4) is 0 Å². The molecule has 0 spiro atoms. The van der Waals surface area contributed by atoms with Gasteiger partial charge in [0.25, 0.3) is 5.91 Å². The number of nitrogens with zero attached hydrogens (tertiary/aromatic N) is 3. The van der Waals surface area contributed by atoms with Crippen molar-refractivity contribution in [1.82, 2.24) is 10.0 Å². The molecule has 0 saturated carbocycles. The van der Waals surface area contributed by atoms with Crippen LogP contribution in [0.5, 0.6) is 0 Å². The molecule has 11 heteroatoms. The monoisotopic (exact) mass is 433 g/mol. The highest BCUT2D eigenvalue weighted by molar-refractivity contribution is 9.10. The van der Waals surface area contributed by atoms with Gasteiger partial charge in [0, 0.05) is 27.0 Å². The Balaban J connectivity index is 2.12. The number of amides is 3. The molecule has 0 bridgehead atoms. The first-order valence-corrected chi connectivity index (χ1v) is 9.03. The largest absolute Gasteiger partial charge is 0.465 e. The summed E-state index contributed by atoms with van der Waals surface area (Å²) in [5, 5.41) is 22.2. The summed E-state index contributed by atoms with van der Waals surface area (Å²) in [6.07, 6.45) is -1.47. The van der Waals surface area contributed by atoms with Crippen LogP contribution in [0, 0.1) is 0 Å². The van der Waals surface area contributed by atoms with E-state index in [1.807, 2.05) is 11.4 Å². The fourth-order valence-electron chi connectivity index (χ4n) is 1.72. The van der Waals surface area contributed by atoms with Gasteiger partial charge in [-0.1, -0.05) is 0 Å². The van der Waals surface area contributed by atoms with Crippen LogP contribution in [0.3, 0.4) is 0 Å². The highest BCUT2D eigenvalue weighted by Gasteiger charge is 2.22. The Morgan fingerprint density at radius 2 is 2.00 bits per heavy atom. The molecule has 0 aliphatic carbocycles. The van der Waals surface area contributed by atoms with E-state index in [-0.39, 0.29) is 28.9 Å². The van der Waals surface area contributed by atoms with Crippen molar-refractivity contribution in [2.75, 3.05) is 4.90 Å². The molecule has 0 unspecified atom stereocenters. The van der Waals surface area contributed by atoms with E-state index in [0.29, 0.717) is 0 Å². The highest BCUT2D eigenvalue weighted by Crippen LogP contribution is 2.26. The van der Waals surface area contributed by atoms with Crippen LogP contribution in [0.15, 0.2) is 21.3 Å². The molecule has 2 aromatic heterocycles. The minimum Gasteiger partial charge on any atom is -0.465 e. The Labute approximate surface area is 153 Å². The van der Waals surface area contributed by atoms with Crippen molar-refractivity contribution >= 4 is 61.6 Å². The van der Waals surface area contributed by atoms with Gasteiger partial charge in [0.15, 0.2) is 5.13 Å². The van der Waals surface area contributed by atoms with E-state index in [9.17, 15) is 24.7 Å². The predicted octanol–water partition coefficient (Wildman–Crippen LogP) is 2.96. The normalized spacial score (nSPS) is 10.5. The van der Waals surface area contributed by atoms with Gasteiger partial charge in [0.05, 0.1) is 18.7 Å². The molecule has 2 rings (SSSR count). The number of thiophene rings is 1.